The van der Waals surface area contributed by atoms with Gasteiger partial charge in [0.15, 0.2) is 0 Å². The first-order valence-corrected chi connectivity index (χ1v) is 8.95. The Morgan fingerprint density at radius 2 is 1.92 bits per heavy atom. The van der Waals surface area contributed by atoms with Crippen molar-refractivity contribution >= 4 is 18.3 Å². The lowest BCUT2D eigenvalue weighted by molar-refractivity contribution is -0.144. The molecule has 5 nitrogen and oxygen atoms in total. The molecule has 6 heteroatoms. The molecule has 0 aliphatic carbocycles. The second-order valence-electron chi connectivity index (χ2n) is 6.95. The van der Waals surface area contributed by atoms with Gasteiger partial charge in [0, 0.05) is 32.5 Å². The molecule has 2 atom stereocenters. The molecule has 2 heterocycles. The van der Waals surface area contributed by atoms with Gasteiger partial charge < -0.3 is 20.1 Å². The zero-order chi connectivity index (χ0) is 17.1. The SMILES string of the molecule is Cc1ccc(OC2CCN(C(=O)[C@@H]3CC[C@H](CN)O3)CC2)cc1C.Cl. The molecule has 0 aromatic heterocycles. The second kappa shape index (κ2) is 8.88. The van der Waals surface area contributed by atoms with Crippen LogP contribution >= 0.6 is 12.4 Å². The van der Waals surface area contributed by atoms with Gasteiger partial charge in [-0.05, 0) is 49.9 Å². The predicted octanol–water partition coefficient (Wildman–Crippen LogP) is 2.60. The van der Waals surface area contributed by atoms with Crippen LogP contribution in [0, 0.1) is 13.8 Å². The van der Waals surface area contributed by atoms with E-state index < -0.39 is 0 Å². The van der Waals surface area contributed by atoms with E-state index in [-0.39, 0.29) is 36.6 Å². The van der Waals surface area contributed by atoms with E-state index in [4.69, 9.17) is 15.2 Å². The number of halogens is 1. The summed E-state index contributed by atoms with van der Waals surface area (Å²) in [6, 6.07) is 6.21. The largest absolute Gasteiger partial charge is 0.490 e. The van der Waals surface area contributed by atoms with E-state index in [0.29, 0.717) is 6.54 Å². The molecule has 25 heavy (non-hydrogen) atoms. The Balaban J connectivity index is 0.00000225. The van der Waals surface area contributed by atoms with Crippen LogP contribution in [0.1, 0.15) is 36.8 Å². The van der Waals surface area contributed by atoms with Crippen LogP contribution in [0.5, 0.6) is 5.75 Å². The summed E-state index contributed by atoms with van der Waals surface area (Å²) in [7, 11) is 0. The zero-order valence-electron chi connectivity index (χ0n) is 15.1. The van der Waals surface area contributed by atoms with Gasteiger partial charge in [-0.15, -0.1) is 12.4 Å². The molecule has 140 valence electrons. The molecule has 2 N–H and O–H groups in total. The van der Waals surface area contributed by atoms with Crippen molar-refractivity contribution in [3.8, 4) is 5.75 Å². The van der Waals surface area contributed by atoms with E-state index in [1.807, 2.05) is 11.0 Å². The van der Waals surface area contributed by atoms with Crippen molar-refractivity contribution in [2.75, 3.05) is 19.6 Å². The number of rotatable bonds is 4. The number of piperidine rings is 1. The van der Waals surface area contributed by atoms with Crippen molar-refractivity contribution in [2.45, 2.75) is 57.8 Å². The first-order valence-electron chi connectivity index (χ1n) is 8.95. The van der Waals surface area contributed by atoms with Gasteiger partial charge in [-0.3, -0.25) is 4.79 Å². The van der Waals surface area contributed by atoms with Crippen LogP contribution in [-0.4, -0.2) is 48.8 Å². The van der Waals surface area contributed by atoms with Gasteiger partial charge in [0.2, 0.25) is 0 Å². The van der Waals surface area contributed by atoms with Crippen molar-refractivity contribution in [2.24, 2.45) is 5.73 Å². The lowest BCUT2D eigenvalue weighted by Gasteiger charge is -2.33. The van der Waals surface area contributed by atoms with Gasteiger partial charge in [0.25, 0.3) is 5.91 Å². The van der Waals surface area contributed by atoms with Gasteiger partial charge >= 0.3 is 0 Å². The molecule has 0 unspecified atom stereocenters. The highest BCUT2D eigenvalue weighted by molar-refractivity contribution is 5.85. The van der Waals surface area contributed by atoms with Crippen molar-refractivity contribution in [3.05, 3.63) is 29.3 Å². The first-order chi connectivity index (χ1) is 11.6. The topological polar surface area (TPSA) is 64.8 Å². The van der Waals surface area contributed by atoms with E-state index >= 15 is 0 Å². The predicted molar refractivity (Wildman–Crippen MR) is 100 cm³/mol. The second-order valence-corrected chi connectivity index (χ2v) is 6.95. The zero-order valence-corrected chi connectivity index (χ0v) is 15.9. The fourth-order valence-electron chi connectivity index (χ4n) is 3.44. The number of carbonyl (C=O) groups is 1. The van der Waals surface area contributed by atoms with Crippen LogP contribution in [0.15, 0.2) is 18.2 Å². The summed E-state index contributed by atoms with van der Waals surface area (Å²) in [6.07, 6.45) is 3.34. The maximum Gasteiger partial charge on any atom is 0.251 e. The van der Waals surface area contributed by atoms with Gasteiger partial charge in [0.05, 0.1) is 6.10 Å². The molecule has 1 aromatic rings. The van der Waals surface area contributed by atoms with Gasteiger partial charge in [-0.1, -0.05) is 6.07 Å². The average molecular weight is 369 g/mol. The number of likely N-dealkylation sites (tertiary alicyclic amines) is 1. The third-order valence-electron chi connectivity index (χ3n) is 5.18. The number of carbonyl (C=O) groups excluding carboxylic acids is 1. The highest BCUT2D eigenvalue weighted by atomic mass is 35.5. The van der Waals surface area contributed by atoms with E-state index in [0.717, 1.165) is 44.5 Å². The van der Waals surface area contributed by atoms with Crippen molar-refractivity contribution in [1.82, 2.24) is 4.90 Å². The summed E-state index contributed by atoms with van der Waals surface area (Å²) in [5, 5.41) is 0. The summed E-state index contributed by atoms with van der Waals surface area (Å²) in [4.78, 5) is 14.4. The Morgan fingerprint density at radius 3 is 2.52 bits per heavy atom. The molecule has 3 rings (SSSR count). The number of hydrogen-bond acceptors (Lipinski definition) is 4. The van der Waals surface area contributed by atoms with Gasteiger partial charge in [-0.25, -0.2) is 0 Å². The van der Waals surface area contributed by atoms with E-state index in [9.17, 15) is 4.79 Å². The smallest absolute Gasteiger partial charge is 0.251 e. The Labute approximate surface area is 156 Å². The minimum atomic E-state index is -0.296. The average Bonchev–Trinajstić information content (AvgIpc) is 3.07. The highest BCUT2D eigenvalue weighted by Crippen LogP contribution is 2.25. The number of aryl methyl sites for hydroxylation is 2. The molecular formula is C19H29ClN2O3. The molecule has 2 aliphatic rings. The van der Waals surface area contributed by atoms with Crippen LogP contribution in [0.25, 0.3) is 0 Å². The molecule has 2 fully saturated rings. The van der Waals surface area contributed by atoms with Crippen LogP contribution < -0.4 is 10.5 Å². The van der Waals surface area contributed by atoms with Crippen LogP contribution in [-0.2, 0) is 9.53 Å². The number of amides is 1. The Bertz CT molecular complexity index is 588. The van der Waals surface area contributed by atoms with Crippen molar-refractivity contribution in [1.29, 1.82) is 0 Å². The summed E-state index contributed by atoms with van der Waals surface area (Å²) in [5.74, 6) is 1.04. The van der Waals surface area contributed by atoms with Gasteiger partial charge in [0.1, 0.15) is 18.0 Å². The summed E-state index contributed by atoms with van der Waals surface area (Å²) < 4.78 is 11.8. The van der Waals surface area contributed by atoms with E-state index in [2.05, 4.69) is 26.0 Å². The third-order valence-corrected chi connectivity index (χ3v) is 5.18. The minimum Gasteiger partial charge on any atom is -0.490 e. The van der Waals surface area contributed by atoms with Gasteiger partial charge in [-0.2, -0.15) is 0 Å². The number of ether oxygens (including phenoxy) is 2. The number of nitrogens with two attached hydrogens (primary N) is 1. The summed E-state index contributed by atoms with van der Waals surface area (Å²) >= 11 is 0. The number of hydrogen-bond donors (Lipinski definition) is 1. The molecule has 1 amide bonds. The molecule has 0 radical (unpaired) electrons. The third kappa shape index (κ3) is 4.87. The number of benzene rings is 1. The van der Waals surface area contributed by atoms with Crippen molar-refractivity contribution < 1.29 is 14.3 Å². The van der Waals surface area contributed by atoms with Crippen molar-refractivity contribution in [3.63, 3.8) is 0 Å². The quantitative estimate of drug-likeness (QED) is 0.887. The van der Waals surface area contributed by atoms with E-state index in [1.54, 1.807) is 0 Å². The molecule has 2 saturated heterocycles. The molecular weight excluding hydrogens is 340 g/mol. The monoisotopic (exact) mass is 368 g/mol. The van der Waals surface area contributed by atoms with E-state index in [1.165, 1.54) is 11.1 Å². The molecule has 2 aliphatic heterocycles. The fraction of sp³-hybridized carbons (Fsp3) is 0.632. The maximum absolute atomic E-state index is 12.5. The highest BCUT2D eigenvalue weighted by Gasteiger charge is 2.34. The molecule has 0 bridgehead atoms. The Morgan fingerprint density at radius 1 is 1.20 bits per heavy atom. The first kappa shape index (κ1) is 20.0. The number of nitrogens with zero attached hydrogens (tertiary/aromatic N) is 1. The molecule has 1 aromatic carbocycles. The molecule has 0 saturated carbocycles. The maximum atomic E-state index is 12.5. The Kier molecular flexibility index (Phi) is 7.11. The van der Waals surface area contributed by atoms with Crippen LogP contribution in [0.2, 0.25) is 0 Å². The standard InChI is InChI=1S/C19H28N2O3.ClH/c1-13-3-4-16(11-14(13)2)23-15-7-9-21(10-8-15)19(22)18-6-5-17(12-20)24-18;/h3-4,11,15,17-18H,5-10,12,20H2,1-2H3;1H/t17-,18+;/m1./s1. The fourth-order valence-corrected chi connectivity index (χ4v) is 3.44. The lowest BCUT2D eigenvalue weighted by Crippen LogP contribution is -2.46. The minimum absolute atomic E-state index is 0. The molecule has 0 spiro atoms. The lowest BCUT2D eigenvalue weighted by atomic mass is 10.1. The summed E-state index contributed by atoms with van der Waals surface area (Å²) in [5.41, 5.74) is 8.14. The summed E-state index contributed by atoms with van der Waals surface area (Å²) in [6.45, 7) is 6.17. The van der Waals surface area contributed by atoms with Crippen LogP contribution in [0.3, 0.4) is 0 Å². The normalized spacial score (nSPS) is 24.0. The van der Waals surface area contributed by atoms with Crippen LogP contribution in [0.4, 0.5) is 0 Å². The Hall–Kier alpha value is -1.30.